The summed E-state index contributed by atoms with van der Waals surface area (Å²) in [5.41, 5.74) is 2.28. The van der Waals surface area contributed by atoms with Gasteiger partial charge >= 0.3 is 11.9 Å². The highest BCUT2D eigenvalue weighted by Crippen LogP contribution is 2.26. The second-order valence-electron chi connectivity index (χ2n) is 8.02. The average Bonchev–Trinajstić information content (AvgIpc) is 3.16. The maximum absolute atomic E-state index is 12.4. The Kier molecular flexibility index (Phi) is 7.71. The van der Waals surface area contributed by atoms with Crippen LogP contribution in [0.5, 0.6) is 0 Å². The van der Waals surface area contributed by atoms with Gasteiger partial charge in [-0.3, -0.25) is 14.4 Å². The molecule has 1 aliphatic heterocycles. The molecule has 1 N–H and O–H groups in total. The molecule has 2 aromatic carbocycles. The number of nitrogens with one attached hydrogen (secondary N) is 1. The Morgan fingerprint density at radius 3 is 2.52 bits per heavy atom. The van der Waals surface area contributed by atoms with Crippen molar-refractivity contribution in [1.82, 2.24) is 0 Å². The van der Waals surface area contributed by atoms with E-state index in [1.807, 2.05) is 6.92 Å². The molecule has 0 spiro atoms. The molecule has 1 heterocycles. The van der Waals surface area contributed by atoms with Gasteiger partial charge in [0.1, 0.15) is 0 Å². The van der Waals surface area contributed by atoms with Crippen molar-refractivity contribution in [3.8, 4) is 0 Å². The van der Waals surface area contributed by atoms with E-state index >= 15 is 0 Å². The maximum atomic E-state index is 12.4. The van der Waals surface area contributed by atoms with E-state index in [4.69, 9.17) is 21.1 Å². The molecule has 1 fully saturated rings. The largest absolute Gasteiger partial charge is 0.459 e. The molecule has 0 radical (unpaired) electrons. The third kappa shape index (κ3) is 6.32. The lowest BCUT2D eigenvalue weighted by atomic mass is 10.1. The fourth-order valence-corrected chi connectivity index (χ4v) is 3.52. The second-order valence-corrected chi connectivity index (χ2v) is 8.46. The summed E-state index contributed by atoms with van der Waals surface area (Å²) >= 11 is 5.94. The van der Waals surface area contributed by atoms with Crippen molar-refractivity contribution in [2.75, 3.05) is 23.4 Å². The fraction of sp³-hybridized carbons (Fsp3) is 0.333. The zero-order valence-corrected chi connectivity index (χ0v) is 19.3. The quantitative estimate of drug-likeness (QED) is 0.616. The van der Waals surface area contributed by atoms with Crippen molar-refractivity contribution in [3.63, 3.8) is 0 Å². The molecule has 0 bridgehead atoms. The van der Waals surface area contributed by atoms with Gasteiger partial charge in [0.05, 0.1) is 17.6 Å². The summed E-state index contributed by atoms with van der Waals surface area (Å²) in [4.78, 5) is 50.4. The van der Waals surface area contributed by atoms with Crippen LogP contribution in [0.2, 0.25) is 5.02 Å². The Hall–Kier alpha value is -3.39. The van der Waals surface area contributed by atoms with Gasteiger partial charge in [0.2, 0.25) is 5.91 Å². The minimum atomic E-state index is -0.691. The fourth-order valence-electron chi connectivity index (χ4n) is 3.34. The second kappa shape index (κ2) is 10.5. The minimum absolute atomic E-state index is 0.0228. The van der Waals surface area contributed by atoms with E-state index < -0.39 is 30.4 Å². The molecule has 1 saturated heterocycles. The summed E-state index contributed by atoms with van der Waals surface area (Å²) < 4.78 is 10.3. The van der Waals surface area contributed by atoms with E-state index in [0.29, 0.717) is 22.0 Å². The number of aryl methyl sites for hydroxylation is 1. The number of esters is 2. The number of nitrogens with zero attached hydrogens (tertiary/aromatic N) is 1. The first-order valence-corrected chi connectivity index (χ1v) is 10.9. The van der Waals surface area contributed by atoms with Gasteiger partial charge < -0.3 is 19.7 Å². The molecule has 174 valence electrons. The predicted molar refractivity (Wildman–Crippen MR) is 123 cm³/mol. The Morgan fingerprint density at radius 2 is 1.85 bits per heavy atom. The Balaban J connectivity index is 1.54. The van der Waals surface area contributed by atoms with Crippen LogP contribution >= 0.6 is 11.6 Å². The first-order valence-electron chi connectivity index (χ1n) is 10.5. The molecule has 9 heteroatoms. The van der Waals surface area contributed by atoms with Crippen LogP contribution in [-0.4, -0.2) is 43.0 Å². The molecule has 33 heavy (non-hydrogen) atoms. The smallest absolute Gasteiger partial charge is 0.338 e. The third-order valence-electron chi connectivity index (χ3n) is 5.04. The van der Waals surface area contributed by atoms with Crippen molar-refractivity contribution in [2.45, 2.75) is 33.3 Å². The lowest BCUT2D eigenvalue weighted by Crippen LogP contribution is -2.28. The van der Waals surface area contributed by atoms with E-state index in [-0.39, 0.29) is 25.0 Å². The van der Waals surface area contributed by atoms with E-state index in [1.165, 1.54) is 4.90 Å². The summed E-state index contributed by atoms with van der Waals surface area (Å²) in [5, 5.41) is 3.13. The first kappa shape index (κ1) is 24.3. The molecule has 3 rings (SSSR count). The summed E-state index contributed by atoms with van der Waals surface area (Å²) in [6.07, 6.45) is -0.258. The van der Waals surface area contributed by atoms with E-state index in [0.717, 1.165) is 5.56 Å². The highest BCUT2D eigenvalue weighted by molar-refractivity contribution is 6.31. The number of carbonyl (C=O) groups is 4. The SMILES string of the molecule is Cc1ccc(Cl)cc1NC(=O)COC(=O)[C@H]1CC(=O)N(c2ccc(C(=O)OC(C)C)cc2)C1. The summed E-state index contributed by atoms with van der Waals surface area (Å²) in [6.45, 7) is 4.99. The zero-order valence-electron chi connectivity index (χ0n) is 18.6. The Labute approximate surface area is 196 Å². The summed E-state index contributed by atoms with van der Waals surface area (Å²) in [6, 6.07) is 11.5. The highest BCUT2D eigenvalue weighted by Gasteiger charge is 2.36. The van der Waals surface area contributed by atoms with Gasteiger partial charge in [-0.15, -0.1) is 0 Å². The molecular formula is C24H25ClN2O6. The van der Waals surface area contributed by atoms with Crippen molar-refractivity contribution in [2.24, 2.45) is 5.92 Å². The number of carbonyl (C=O) groups excluding carboxylic acids is 4. The van der Waals surface area contributed by atoms with Crippen molar-refractivity contribution in [1.29, 1.82) is 0 Å². The standard InChI is InChI=1S/C24H25ClN2O6/c1-14(2)33-24(31)16-5-8-19(9-6-16)27-12-17(10-22(27)29)23(30)32-13-21(28)26-20-11-18(25)7-4-15(20)3/h4-9,11,14,17H,10,12-13H2,1-3H3,(H,26,28)/t17-/m0/s1. The molecule has 2 aromatic rings. The van der Waals surface area contributed by atoms with Crippen LogP contribution in [-0.2, 0) is 23.9 Å². The number of ether oxygens (including phenoxy) is 2. The highest BCUT2D eigenvalue weighted by atomic mass is 35.5. The molecule has 1 aliphatic rings. The first-order chi connectivity index (χ1) is 15.6. The normalized spacial score (nSPS) is 15.5. The number of hydrogen-bond acceptors (Lipinski definition) is 6. The van der Waals surface area contributed by atoms with Crippen molar-refractivity contribution in [3.05, 3.63) is 58.6 Å². The summed E-state index contributed by atoms with van der Waals surface area (Å²) in [5.74, 6) is -2.51. The van der Waals surface area contributed by atoms with Crippen molar-refractivity contribution >= 4 is 46.7 Å². The molecule has 0 saturated carbocycles. The van der Waals surface area contributed by atoms with Crippen LogP contribution in [0, 0.1) is 12.8 Å². The number of anilines is 2. The molecule has 0 unspecified atom stereocenters. The molecule has 1 atom stereocenters. The van der Waals surface area contributed by atoms with E-state index in [2.05, 4.69) is 5.32 Å². The molecule has 8 nitrogen and oxygen atoms in total. The number of rotatable bonds is 7. The number of hydrogen-bond donors (Lipinski definition) is 1. The maximum Gasteiger partial charge on any atom is 0.338 e. The number of benzene rings is 2. The number of amides is 2. The van der Waals surface area contributed by atoms with Gasteiger partial charge in [0.15, 0.2) is 6.61 Å². The molecule has 0 aromatic heterocycles. The monoisotopic (exact) mass is 472 g/mol. The summed E-state index contributed by atoms with van der Waals surface area (Å²) in [7, 11) is 0. The predicted octanol–water partition coefficient (Wildman–Crippen LogP) is 3.75. The molecular weight excluding hydrogens is 448 g/mol. The lowest BCUT2D eigenvalue weighted by molar-refractivity contribution is -0.151. The topological polar surface area (TPSA) is 102 Å². The van der Waals surface area contributed by atoms with Gasteiger partial charge in [0, 0.05) is 29.4 Å². The van der Waals surface area contributed by atoms with Gasteiger partial charge in [-0.1, -0.05) is 17.7 Å². The minimum Gasteiger partial charge on any atom is -0.459 e. The van der Waals surface area contributed by atoms with Crippen LogP contribution < -0.4 is 10.2 Å². The van der Waals surface area contributed by atoms with Crippen LogP contribution in [0.3, 0.4) is 0 Å². The number of halogens is 1. The van der Waals surface area contributed by atoms with Crippen LogP contribution in [0.25, 0.3) is 0 Å². The van der Waals surface area contributed by atoms with Crippen LogP contribution in [0.4, 0.5) is 11.4 Å². The Bertz CT molecular complexity index is 1070. The van der Waals surface area contributed by atoms with Gasteiger partial charge in [-0.25, -0.2) is 4.79 Å². The van der Waals surface area contributed by atoms with Crippen molar-refractivity contribution < 1.29 is 28.7 Å². The lowest BCUT2D eigenvalue weighted by Gasteiger charge is -2.17. The van der Waals surface area contributed by atoms with Gasteiger partial charge in [-0.05, 0) is 62.7 Å². The van der Waals surface area contributed by atoms with Gasteiger partial charge in [0.25, 0.3) is 5.91 Å². The van der Waals surface area contributed by atoms with Gasteiger partial charge in [-0.2, -0.15) is 0 Å². The average molecular weight is 473 g/mol. The molecule has 2 amide bonds. The Morgan fingerprint density at radius 1 is 1.15 bits per heavy atom. The van der Waals surface area contributed by atoms with Crippen LogP contribution in [0.1, 0.15) is 36.2 Å². The third-order valence-corrected chi connectivity index (χ3v) is 5.27. The zero-order chi connectivity index (χ0) is 24.1. The van der Waals surface area contributed by atoms with E-state index in [9.17, 15) is 19.2 Å². The van der Waals surface area contributed by atoms with Crippen LogP contribution in [0.15, 0.2) is 42.5 Å². The van der Waals surface area contributed by atoms with E-state index in [1.54, 1.807) is 56.3 Å². The molecule has 0 aliphatic carbocycles.